The van der Waals surface area contributed by atoms with Crippen LogP contribution >= 0.6 is 0 Å². The van der Waals surface area contributed by atoms with Crippen molar-refractivity contribution in [1.82, 2.24) is 10.6 Å². The maximum absolute atomic E-state index is 12.6. The van der Waals surface area contributed by atoms with E-state index in [1.54, 1.807) is 0 Å². The van der Waals surface area contributed by atoms with Crippen molar-refractivity contribution in [3.05, 3.63) is 0 Å². The Kier molecular flexibility index (Phi) is 5.26. The van der Waals surface area contributed by atoms with Crippen LogP contribution in [0.3, 0.4) is 0 Å². The average Bonchev–Trinajstić information content (AvgIpc) is 2.90. The first-order valence-corrected chi connectivity index (χ1v) is 8.24. The molecule has 1 saturated carbocycles. The fraction of sp³-hybridized carbons (Fsp3) is 0.938. The highest BCUT2D eigenvalue weighted by Gasteiger charge is 2.40. The van der Waals surface area contributed by atoms with Crippen LogP contribution in [-0.4, -0.2) is 24.0 Å². The minimum absolute atomic E-state index is 0.255. The highest BCUT2D eigenvalue weighted by molar-refractivity contribution is 5.86. The summed E-state index contributed by atoms with van der Waals surface area (Å²) in [4.78, 5) is 12.6. The SMILES string of the molecule is CCCC1(C(=O)N[C@H](C)C2CCCCC2)CCCN1. The first-order valence-electron chi connectivity index (χ1n) is 8.24. The Balaban J connectivity index is 1.90. The maximum Gasteiger partial charge on any atom is 0.240 e. The molecule has 2 fully saturated rings. The molecule has 1 heterocycles. The van der Waals surface area contributed by atoms with Crippen molar-refractivity contribution in [3.8, 4) is 0 Å². The average molecular weight is 266 g/mol. The highest BCUT2D eigenvalue weighted by Crippen LogP contribution is 2.28. The summed E-state index contributed by atoms with van der Waals surface area (Å²) >= 11 is 0. The summed E-state index contributed by atoms with van der Waals surface area (Å²) in [5.74, 6) is 0.947. The maximum atomic E-state index is 12.6. The van der Waals surface area contributed by atoms with Gasteiger partial charge in [-0.1, -0.05) is 32.6 Å². The first kappa shape index (κ1) is 14.8. The molecule has 1 aliphatic carbocycles. The van der Waals surface area contributed by atoms with Gasteiger partial charge < -0.3 is 10.6 Å². The molecule has 1 aliphatic heterocycles. The summed E-state index contributed by atoms with van der Waals surface area (Å²) in [6.45, 7) is 5.35. The number of hydrogen-bond acceptors (Lipinski definition) is 2. The second kappa shape index (κ2) is 6.74. The molecule has 0 aromatic rings. The van der Waals surface area contributed by atoms with E-state index in [-0.39, 0.29) is 11.4 Å². The second-order valence-electron chi connectivity index (χ2n) is 6.52. The summed E-state index contributed by atoms with van der Waals surface area (Å²) < 4.78 is 0. The third-order valence-electron chi connectivity index (χ3n) is 5.07. The predicted molar refractivity (Wildman–Crippen MR) is 79.1 cm³/mol. The number of amides is 1. The van der Waals surface area contributed by atoms with Gasteiger partial charge in [0.1, 0.15) is 0 Å². The number of hydrogen-bond donors (Lipinski definition) is 2. The molecular weight excluding hydrogens is 236 g/mol. The Morgan fingerprint density at radius 2 is 2.05 bits per heavy atom. The third-order valence-corrected chi connectivity index (χ3v) is 5.07. The Morgan fingerprint density at radius 3 is 2.63 bits per heavy atom. The van der Waals surface area contributed by atoms with Gasteiger partial charge in [-0.25, -0.2) is 0 Å². The van der Waals surface area contributed by atoms with Crippen LogP contribution in [-0.2, 0) is 4.79 Å². The van der Waals surface area contributed by atoms with Crippen LogP contribution in [0.2, 0.25) is 0 Å². The van der Waals surface area contributed by atoms with E-state index < -0.39 is 0 Å². The molecule has 0 aromatic heterocycles. The van der Waals surface area contributed by atoms with Crippen LogP contribution in [0.5, 0.6) is 0 Å². The molecule has 2 atom stereocenters. The number of nitrogens with one attached hydrogen (secondary N) is 2. The quantitative estimate of drug-likeness (QED) is 0.803. The minimum Gasteiger partial charge on any atom is -0.352 e. The van der Waals surface area contributed by atoms with Gasteiger partial charge in [0.2, 0.25) is 5.91 Å². The zero-order chi connectivity index (χ0) is 13.7. The zero-order valence-corrected chi connectivity index (χ0v) is 12.6. The molecular formula is C16H30N2O. The molecule has 3 nitrogen and oxygen atoms in total. The van der Waals surface area contributed by atoms with Gasteiger partial charge in [0, 0.05) is 6.04 Å². The predicted octanol–water partition coefficient (Wildman–Crippen LogP) is 2.99. The van der Waals surface area contributed by atoms with Crippen molar-refractivity contribution in [2.75, 3.05) is 6.54 Å². The Bertz CT molecular complexity index is 291. The summed E-state index contributed by atoms with van der Waals surface area (Å²) in [7, 11) is 0. The van der Waals surface area contributed by atoms with E-state index in [2.05, 4.69) is 24.5 Å². The van der Waals surface area contributed by atoms with Crippen molar-refractivity contribution >= 4 is 5.91 Å². The lowest BCUT2D eigenvalue weighted by atomic mass is 9.83. The molecule has 19 heavy (non-hydrogen) atoms. The smallest absolute Gasteiger partial charge is 0.240 e. The van der Waals surface area contributed by atoms with Crippen molar-refractivity contribution in [3.63, 3.8) is 0 Å². The Labute approximate surface area is 117 Å². The van der Waals surface area contributed by atoms with Crippen LogP contribution in [0.15, 0.2) is 0 Å². The summed E-state index contributed by atoms with van der Waals surface area (Å²) in [6.07, 6.45) is 10.8. The lowest BCUT2D eigenvalue weighted by Gasteiger charge is -2.33. The number of rotatable bonds is 5. The van der Waals surface area contributed by atoms with E-state index in [1.807, 2.05) is 0 Å². The molecule has 1 unspecified atom stereocenters. The van der Waals surface area contributed by atoms with Gasteiger partial charge in [-0.05, 0) is 51.5 Å². The van der Waals surface area contributed by atoms with Crippen LogP contribution in [0.1, 0.15) is 71.6 Å². The topological polar surface area (TPSA) is 41.1 Å². The fourth-order valence-corrected chi connectivity index (χ4v) is 3.85. The normalized spacial score (nSPS) is 30.2. The minimum atomic E-state index is -0.266. The van der Waals surface area contributed by atoms with Crippen molar-refractivity contribution in [1.29, 1.82) is 0 Å². The molecule has 2 N–H and O–H groups in total. The monoisotopic (exact) mass is 266 g/mol. The largest absolute Gasteiger partial charge is 0.352 e. The summed E-state index contributed by atoms with van der Waals surface area (Å²) in [5, 5.41) is 6.78. The summed E-state index contributed by atoms with van der Waals surface area (Å²) in [5.41, 5.74) is -0.266. The van der Waals surface area contributed by atoms with Gasteiger partial charge in [0.15, 0.2) is 0 Å². The van der Waals surface area contributed by atoms with E-state index >= 15 is 0 Å². The zero-order valence-electron chi connectivity index (χ0n) is 12.6. The molecule has 3 heteroatoms. The summed E-state index contributed by atoms with van der Waals surface area (Å²) in [6, 6.07) is 0.337. The molecule has 2 aliphatic rings. The first-order chi connectivity index (χ1) is 9.18. The number of carbonyl (C=O) groups excluding carboxylic acids is 1. The second-order valence-corrected chi connectivity index (χ2v) is 6.52. The van der Waals surface area contributed by atoms with Crippen LogP contribution in [0.25, 0.3) is 0 Å². The molecule has 1 amide bonds. The van der Waals surface area contributed by atoms with Crippen molar-refractivity contribution in [2.24, 2.45) is 5.92 Å². The van der Waals surface area contributed by atoms with Crippen LogP contribution in [0, 0.1) is 5.92 Å². The van der Waals surface area contributed by atoms with E-state index in [4.69, 9.17) is 0 Å². The molecule has 0 spiro atoms. The van der Waals surface area contributed by atoms with E-state index in [0.29, 0.717) is 12.0 Å². The molecule has 110 valence electrons. The van der Waals surface area contributed by atoms with Crippen molar-refractivity contribution < 1.29 is 4.79 Å². The van der Waals surface area contributed by atoms with Crippen LogP contribution < -0.4 is 10.6 Å². The fourth-order valence-electron chi connectivity index (χ4n) is 3.85. The lowest BCUT2D eigenvalue weighted by Crippen LogP contribution is -2.56. The standard InChI is InChI=1S/C16H30N2O/c1-3-10-16(11-7-12-17-16)15(19)18-13(2)14-8-5-4-6-9-14/h13-14,17H,3-12H2,1-2H3,(H,18,19)/t13-,16?/m1/s1. The van der Waals surface area contributed by atoms with Crippen LogP contribution in [0.4, 0.5) is 0 Å². The Hall–Kier alpha value is -0.570. The van der Waals surface area contributed by atoms with Gasteiger partial charge in [-0.15, -0.1) is 0 Å². The number of carbonyl (C=O) groups is 1. The van der Waals surface area contributed by atoms with Gasteiger partial charge in [-0.3, -0.25) is 4.79 Å². The van der Waals surface area contributed by atoms with Gasteiger partial charge >= 0.3 is 0 Å². The molecule has 0 bridgehead atoms. The Morgan fingerprint density at radius 1 is 1.32 bits per heavy atom. The van der Waals surface area contributed by atoms with E-state index in [0.717, 1.165) is 32.2 Å². The van der Waals surface area contributed by atoms with E-state index in [9.17, 15) is 4.79 Å². The lowest BCUT2D eigenvalue weighted by molar-refractivity contribution is -0.128. The van der Waals surface area contributed by atoms with Gasteiger partial charge in [0.25, 0.3) is 0 Å². The highest BCUT2D eigenvalue weighted by atomic mass is 16.2. The molecule has 0 radical (unpaired) electrons. The molecule has 2 rings (SSSR count). The third kappa shape index (κ3) is 3.50. The van der Waals surface area contributed by atoms with Crippen molar-refractivity contribution in [2.45, 2.75) is 83.2 Å². The molecule has 0 aromatic carbocycles. The molecule has 1 saturated heterocycles. The van der Waals surface area contributed by atoms with Gasteiger partial charge in [-0.2, -0.15) is 0 Å². The van der Waals surface area contributed by atoms with Gasteiger partial charge in [0.05, 0.1) is 5.54 Å². The van der Waals surface area contributed by atoms with E-state index in [1.165, 1.54) is 32.1 Å².